The van der Waals surface area contributed by atoms with Crippen molar-refractivity contribution < 1.29 is 75.0 Å². The normalized spacial score (nSPS) is 20.3. The molecule has 0 aliphatic carbocycles. The molecule has 3 rings (SSSR count). The molecule has 4 unspecified atom stereocenters. The molecule has 2 aromatic heterocycles. The number of rotatable bonds is 23. The van der Waals surface area contributed by atoms with E-state index in [-0.39, 0.29) is 37.2 Å². The number of phosphoric acid groups is 3. The highest BCUT2D eigenvalue weighted by Crippen LogP contribution is 2.66. The molecule has 0 radical (unpaired) electrons. The lowest BCUT2D eigenvalue weighted by Gasteiger charge is -2.21. The van der Waals surface area contributed by atoms with Crippen molar-refractivity contribution in [3.05, 3.63) is 30.2 Å². The molecule has 0 bridgehead atoms. The quantitative estimate of drug-likeness (QED) is 0.0245. The molecule has 1 aliphatic heterocycles. The molecule has 22 nitrogen and oxygen atoms in total. The summed E-state index contributed by atoms with van der Waals surface area (Å²) < 4.78 is 71.8. The van der Waals surface area contributed by atoms with Crippen LogP contribution in [0.1, 0.15) is 51.8 Å². The van der Waals surface area contributed by atoms with Gasteiger partial charge in [-0.1, -0.05) is 62.3 Å². The third-order valence-corrected chi connectivity index (χ3v) is 14.7. The van der Waals surface area contributed by atoms with Crippen molar-refractivity contribution >= 4 is 95.7 Å². The van der Waals surface area contributed by atoms with Gasteiger partial charge >= 0.3 is 35.7 Å². The number of nitrogen functional groups attached to an aromatic ring is 1. The molecule has 0 aromatic carbocycles. The maximum atomic E-state index is 12.4. The summed E-state index contributed by atoms with van der Waals surface area (Å²) in [4.78, 5) is 69.5. The number of hydrogen-bond donors (Lipinski definition) is 7. The van der Waals surface area contributed by atoms with Crippen molar-refractivity contribution in [3.8, 4) is 0 Å². The summed E-state index contributed by atoms with van der Waals surface area (Å²) in [7, 11) is -10.9. The molecule has 6 atom stereocenters. The van der Waals surface area contributed by atoms with Crippen LogP contribution >= 0.6 is 66.6 Å². The van der Waals surface area contributed by atoms with Crippen LogP contribution < -0.4 is 16.4 Å². The number of carbonyl (C=O) groups excluding carboxylic acids is 2. The number of allylic oxidation sites excluding steroid dienone is 1. The minimum Gasteiger partial charge on any atom is -0.449 e. The van der Waals surface area contributed by atoms with Gasteiger partial charge < -0.3 is 59.5 Å². The van der Waals surface area contributed by atoms with E-state index in [0.29, 0.717) is 34.6 Å². The van der Waals surface area contributed by atoms with Gasteiger partial charge in [0.05, 0.1) is 18.1 Å². The highest BCUT2D eigenvalue weighted by Gasteiger charge is 2.44. The standard InChI is InChI=1S/C28H47N6O16P3S4/c1-18(7-6-8-30-26(35)44-10-12-56-55-11-9-31-27(36)48-28(2,3)4)19-14-34(25-23(19)24(29)32-16-33-25)22-13-20(45-17-57-54-5)21(47-22)15-46-52(40,41)50-53(42,43)49-51(37,38)39/h6-7,14,16,18,20-22H,8-13,15,17H2,1-5H3,(H,30,35)(H,31,36)(H,40,41)(H,42,43)(H2,29,32,33)(H2,37,38,39)/b7-6+/t18?,20?,21-,22-/m1/s1. The van der Waals surface area contributed by atoms with Crippen LogP contribution in [-0.4, -0.2) is 114 Å². The smallest absolute Gasteiger partial charge is 0.449 e. The second kappa shape index (κ2) is 22.9. The SMILES string of the molecule is CSSCOC1C[C@H](n2cc(C(C)/C=C/CNC(=O)OCCSSCCNC(=O)OC(C)(C)C)c3c(N)ncnc32)O[C@@H]1COP(=O)(O)OP(=O)(O)OP(=O)(O)O. The molecule has 2 aromatic rings. The number of hydrogen-bond acceptors (Lipinski definition) is 19. The van der Waals surface area contributed by atoms with Crippen LogP contribution in [0.3, 0.4) is 0 Å². The van der Waals surface area contributed by atoms with Crippen molar-refractivity contribution in [3.63, 3.8) is 0 Å². The van der Waals surface area contributed by atoms with Gasteiger partial charge in [0.2, 0.25) is 0 Å². The molecular weight excluding hydrogens is 898 g/mol. The molecule has 1 saturated heterocycles. The van der Waals surface area contributed by atoms with Crippen molar-refractivity contribution in [2.24, 2.45) is 0 Å². The van der Waals surface area contributed by atoms with Gasteiger partial charge in [0.25, 0.3) is 0 Å². The average molecular weight is 945 g/mol. The van der Waals surface area contributed by atoms with Crippen molar-refractivity contribution in [2.75, 3.05) is 55.7 Å². The molecule has 2 amide bonds. The van der Waals surface area contributed by atoms with Crippen LogP contribution in [0.25, 0.3) is 11.0 Å². The first-order chi connectivity index (χ1) is 26.6. The number of nitrogens with two attached hydrogens (primary N) is 1. The summed E-state index contributed by atoms with van der Waals surface area (Å²) in [5, 5.41) is 5.87. The molecule has 3 heterocycles. The molecule has 29 heteroatoms. The molecule has 57 heavy (non-hydrogen) atoms. The van der Waals surface area contributed by atoms with Crippen LogP contribution in [0.5, 0.6) is 0 Å². The lowest BCUT2D eigenvalue weighted by atomic mass is 10.0. The van der Waals surface area contributed by atoms with E-state index in [1.807, 2.05) is 19.3 Å². The van der Waals surface area contributed by atoms with Gasteiger partial charge in [0.15, 0.2) is 0 Å². The fourth-order valence-corrected chi connectivity index (χ4v) is 10.4. The third-order valence-electron chi connectivity index (χ3n) is 7.04. The number of amides is 2. The number of fused-ring (bicyclic) bond motifs is 1. The van der Waals surface area contributed by atoms with Crippen molar-refractivity contribution in [2.45, 2.75) is 64.1 Å². The van der Waals surface area contributed by atoms with Gasteiger partial charge in [-0.25, -0.2) is 33.3 Å². The Labute approximate surface area is 344 Å². The summed E-state index contributed by atoms with van der Waals surface area (Å²) in [5.74, 6) is 1.31. The van der Waals surface area contributed by atoms with Gasteiger partial charge in [-0.2, -0.15) is 8.62 Å². The summed E-state index contributed by atoms with van der Waals surface area (Å²) >= 11 is 0. The predicted molar refractivity (Wildman–Crippen MR) is 217 cm³/mol. The highest BCUT2D eigenvalue weighted by atomic mass is 33.1. The van der Waals surface area contributed by atoms with Crippen LogP contribution in [0.2, 0.25) is 0 Å². The zero-order chi connectivity index (χ0) is 42.4. The molecule has 0 spiro atoms. The second-order valence-electron chi connectivity index (χ2n) is 12.6. The monoisotopic (exact) mass is 944 g/mol. The lowest BCUT2D eigenvalue weighted by molar-refractivity contribution is -0.0521. The Bertz CT molecular complexity index is 1820. The van der Waals surface area contributed by atoms with E-state index in [0.717, 1.165) is 0 Å². The first-order valence-electron chi connectivity index (χ1n) is 16.7. The summed E-state index contributed by atoms with van der Waals surface area (Å²) in [5.41, 5.74) is 6.85. The number of alkyl carbamates (subject to hydrolysis) is 2. The van der Waals surface area contributed by atoms with Crippen LogP contribution in [0.15, 0.2) is 24.7 Å². The fourth-order valence-electron chi connectivity index (χ4n) is 4.90. The van der Waals surface area contributed by atoms with E-state index in [1.165, 1.54) is 49.5 Å². The first-order valence-corrected chi connectivity index (χ1v) is 26.4. The topological polar surface area (TPSA) is 312 Å². The van der Waals surface area contributed by atoms with Gasteiger partial charge in [-0.05, 0) is 32.6 Å². The maximum absolute atomic E-state index is 12.4. The van der Waals surface area contributed by atoms with Crippen LogP contribution in [0.4, 0.5) is 15.4 Å². The number of nitrogens with one attached hydrogen (secondary N) is 2. The molecule has 0 saturated carbocycles. The number of ether oxygens (including phenoxy) is 4. The molecular formula is C28H47N6O16P3S4. The summed E-state index contributed by atoms with van der Waals surface area (Å²) in [6, 6.07) is 0. The highest BCUT2D eigenvalue weighted by molar-refractivity contribution is 8.76. The van der Waals surface area contributed by atoms with Gasteiger partial charge in [-0.15, -0.1) is 0 Å². The van der Waals surface area contributed by atoms with Gasteiger partial charge in [0, 0.05) is 43.1 Å². The Morgan fingerprint density at radius 2 is 1.79 bits per heavy atom. The Balaban J connectivity index is 1.57. The van der Waals surface area contributed by atoms with Crippen molar-refractivity contribution in [1.82, 2.24) is 25.2 Å². The summed E-state index contributed by atoms with van der Waals surface area (Å²) in [6.45, 7) is 7.34. The Morgan fingerprint density at radius 1 is 1.07 bits per heavy atom. The number of nitrogens with zero attached hydrogens (tertiary/aromatic N) is 3. The Hall–Kier alpha value is -1.57. The minimum atomic E-state index is -5.72. The number of phosphoric ester groups is 1. The lowest BCUT2D eigenvalue weighted by Crippen LogP contribution is -2.33. The van der Waals surface area contributed by atoms with E-state index in [9.17, 15) is 33.1 Å². The molecule has 324 valence electrons. The van der Waals surface area contributed by atoms with E-state index in [2.05, 4.69) is 29.2 Å². The first kappa shape index (κ1) is 49.8. The predicted octanol–water partition coefficient (Wildman–Crippen LogP) is 5.29. The summed E-state index contributed by atoms with van der Waals surface area (Å²) in [6.07, 6.45) is 5.02. The largest absolute Gasteiger partial charge is 0.490 e. The molecule has 1 fully saturated rings. The van der Waals surface area contributed by atoms with E-state index in [1.54, 1.807) is 37.6 Å². The fraction of sp³-hybridized carbons (Fsp3) is 0.643. The minimum absolute atomic E-state index is 0.169. The number of aromatic nitrogens is 3. The number of carbonyl (C=O) groups is 2. The van der Waals surface area contributed by atoms with Crippen LogP contribution in [-0.2, 0) is 45.8 Å². The Kier molecular flexibility index (Phi) is 20.0. The molecule has 1 aliphatic rings. The Morgan fingerprint density at radius 3 is 2.47 bits per heavy atom. The maximum Gasteiger partial charge on any atom is 0.490 e. The van der Waals surface area contributed by atoms with Crippen molar-refractivity contribution in [1.29, 1.82) is 0 Å². The third kappa shape index (κ3) is 18.3. The molecule has 8 N–H and O–H groups in total. The number of anilines is 1. The van der Waals surface area contributed by atoms with Gasteiger partial charge in [0.1, 0.15) is 48.3 Å². The zero-order valence-corrected chi connectivity index (χ0v) is 37.3. The average Bonchev–Trinajstić information content (AvgIpc) is 3.67. The van der Waals surface area contributed by atoms with E-state index in [4.69, 9.17) is 39.0 Å². The van der Waals surface area contributed by atoms with Crippen LogP contribution in [0, 0.1) is 0 Å². The zero-order valence-electron chi connectivity index (χ0n) is 31.4. The second-order valence-corrected chi connectivity index (χ2v) is 22.2. The van der Waals surface area contributed by atoms with E-state index >= 15 is 0 Å². The van der Waals surface area contributed by atoms with Gasteiger partial charge in [-0.3, -0.25) is 4.52 Å². The van der Waals surface area contributed by atoms with E-state index < -0.39 is 66.3 Å².